The number of hydrogen-bond donors (Lipinski definition) is 1. The van der Waals surface area contributed by atoms with Gasteiger partial charge in [0, 0.05) is 11.6 Å². The first-order valence-corrected chi connectivity index (χ1v) is 6.44. The van der Waals surface area contributed by atoms with Gasteiger partial charge in [0.1, 0.15) is 5.75 Å². The van der Waals surface area contributed by atoms with Gasteiger partial charge in [0.2, 0.25) is 0 Å². The van der Waals surface area contributed by atoms with Crippen LogP contribution in [0.15, 0.2) is 35.3 Å². The molecule has 0 amide bonds. The topological polar surface area (TPSA) is 70.1 Å². The number of hydrogen-bond acceptors (Lipinski definition) is 4. The highest BCUT2D eigenvalue weighted by Gasteiger charge is 2.09. The SMILES string of the molecule is NCCCOc1cnn(Cc2cccc(F)c2F)c(=O)c1. The van der Waals surface area contributed by atoms with E-state index in [9.17, 15) is 13.6 Å². The first-order chi connectivity index (χ1) is 10.1. The van der Waals surface area contributed by atoms with E-state index in [4.69, 9.17) is 10.5 Å². The van der Waals surface area contributed by atoms with Crippen LogP contribution in [0.25, 0.3) is 0 Å². The van der Waals surface area contributed by atoms with Crippen LogP contribution < -0.4 is 16.0 Å². The van der Waals surface area contributed by atoms with Gasteiger partial charge in [-0.15, -0.1) is 0 Å². The summed E-state index contributed by atoms with van der Waals surface area (Å²) in [5.74, 6) is -1.61. The Morgan fingerprint density at radius 3 is 2.86 bits per heavy atom. The first kappa shape index (κ1) is 15.1. The molecule has 1 heterocycles. The lowest BCUT2D eigenvalue weighted by atomic mass is 10.2. The minimum Gasteiger partial charge on any atom is -0.492 e. The number of rotatable bonds is 6. The third-order valence-corrected chi connectivity index (χ3v) is 2.81. The summed E-state index contributed by atoms with van der Waals surface area (Å²) in [6, 6.07) is 5.05. The third-order valence-electron chi connectivity index (χ3n) is 2.81. The molecule has 1 aromatic carbocycles. The van der Waals surface area contributed by atoms with Crippen LogP contribution in [0, 0.1) is 11.6 Å². The van der Waals surface area contributed by atoms with E-state index in [1.54, 1.807) is 0 Å². The normalized spacial score (nSPS) is 10.6. The van der Waals surface area contributed by atoms with Gasteiger partial charge in [0.25, 0.3) is 5.56 Å². The highest BCUT2D eigenvalue weighted by molar-refractivity contribution is 5.20. The van der Waals surface area contributed by atoms with E-state index in [-0.39, 0.29) is 12.1 Å². The molecule has 112 valence electrons. The number of halogens is 2. The molecule has 2 N–H and O–H groups in total. The molecular weight excluding hydrogens is 280 g/mol. The number of nitrogens with zero attached hydrogens (tertiary/aromatic N) is 2. The molecule has 0 saturated carbocycles. The molecule has 0 radical (unpaired) electrons. The van der Waals surface area contributed by atoms with Crippen LogP contribution >= 0.6 is 0 Å². The van der Waals surface area contributed by atoms with Gasteiger partial charge in [0.05, 0.1) is 19.3 Å². The third kappa shape index (κ3) is 3.85. The van der Waals surface area contributed by atoms with E-state index < -0.39 is 17.2 Å². The Balaban J connectivity index is 2.14. The summed E-state index contributed by atoms with van der Waals surface area (Å²) in [7, 11) is 0. The van der Waals surface area contributed by atoms with E-state index in [1.807, 2.05) is 0 Å². The van der Waals surface area contributed by atoms with Crippen LogP contribution in [0.5, 0.6) is 5.75 Å². The Bertz CT molecular complexity index is 674. The Morgan fingerprint density at radius 2 is 2.14 bits per heavy atom. The second kappa shape index (κ2) is 6.94. The zero-order chi connectivity index (χ0) is 15.2. The number of aromatic nitrogens is 2. The fourth-order valence-corrected chi connectivity index (χ4v) is 1.72. The van der Waals surface area contributed by atoms with E-state index in [0.717, 1.165) is 10.7 Å². The van der Waals surface area contributed by atoms with Crippen molar-refractivity contribution in [2.75, 3.05) is 13.2 Å². The molecule has 0 bridgehead atoms. The minimum atomic E-state index is -0.977. The predicted octanol–water partition coefficient (Wildman–Crippen LogP) is 1.30. The van der Waals surface area contributed by atoms with Gasteiger partial charge in [-0.3, -0.25) is 4.79 Å². The van der Waals surface area contributed by atoms with E-state index in [2.05, 4.69) is 5.10 Å². The van der Waals surface area contributed by atoms with Crippen molar-refractivity contribution in [2.45, 2.75) is 13.0 Å². The van der Waals surface area contributed by atoms with Crippen LogP contribution in [0.3, 0.4) is 0 Å². The summed E-state index contributed by atoms with van der Waals surface area (Å²) in [6.07, 6.45) is 2.02. The largest absolute Gasteiger partial charge is 0.492 e. The van der Waals surface area contributed by atoms with Crippen LogP contribution in [-0.4, -0.2) is 22.9 Å². The molecule has 0 unspecified atom stereocenters. The van der Waals surface area contributed by atoms with Gasteiger partial charge in [0.15, 0.2) is 11.6 Å². The van der Waals surface area contributed by atoms with Crippen molar-refractivity contribution in [2.24, 2.45) is 5.73 Å². The van der Waals surface area contributed by atoms with Crippen molar-refractivity contribution in [3.05, 3.63) is 58.0 Å². The zero-order valence-electron chi connectivity index (χ0n) is 11.3. The van der Waals surface area contributed by atoms with Crippen molar-refractivity contribution in [1.82, 2.24) is 9.78 Å². The lowest BCUT2D eigenvalue weighted by Gasteiger charge is -2.08. The van der Waals surface area contributed by atoms with Gasteiger partial charge in [-0.2, -0.15) is 5.10 Å². The molecule has 0 spiro atoms. The maximum Gasteiger partial charge on any atom is 0.270 e. The van der Waals surface area contributed by atoms with E-state index >= 15 is 0 Å². The summed E-state index contributed by atoms with van der Waals surface area (Å²) in [4.78, 5) is 11.9. The van der Waals surface area contributed by atoms with Gasteiger partial charge < -0.3 is 10.5 Å². The van der Waals surface area contributed by atoms with Crippen molar-refractivity contribution in [3.63, 3.8) is 0 Å². The second-order valence-corrected chi connectivity index (χ2v) is 4.39. The predicted molar refractivity (Wildman–Crippen MR) is 73.1 cm³/mol. The molecule has 0 aliphatic rings. The standard InChI is InChI=1S/C14H15F2N3O2/c15-12-4-1-3-10(14(12)16)9-19-13(20)7-11(8-18-19)21-6-2-5-17/h1,3-4,7-8H,2,5-6,9,17H2. The minimum absolute atomic E-state index is 0.0569. The Kier molecular flexibility index (Phi) is 4.99. The first-order valence-electron chi connectivity index (χ1n) is 6.44. The summed E-state index contributed by atoms with van der Waals surface area (Å²) in [6.45, 7) is 0.731. The van der Waals surface area contributed by atoms with Crippen molar-refractivity contribution in [3.8, 4) is 5.75 Å². The fraction of sp³-hybridized carbons (Fsp3) is 0.286. The molecule has 0 aliphatic carbocycles. The number of nitrogens with two attached hydrogens (primary N) is 1. The van der Waals surface area contributed by atoms with Crippen molar-refractivity contribution in [1.29, 1.82) is 0 Å². The summed E-state index contributed by atoms with van der Waals surface area (Å²) in [5, 5.41) is 3.88. The molecule has 2 rings (SSSR count). The molecule has 0 atom stereocenters. The highest BCUT2D eigenvalue weighted by atomic mass is 19.2. The molecule has 1 aromatic heterocycles. The molecule has 0 fully saturated rings. The van der Waals surface area contributed by atoms with Crippen LogP contribution in [0.2, 0.25) is 0 Å². The van der Waals surface area contributed by atoms with Crippen LogP contribution in [0.4, 0.5) is 8.78 Å². The Labute approximate surface area is 120 Å². The fourth-order valence-electron chi connectivity index (χ4n) is 1.72. The molecule has 0 saturated heterocycles. The lowest BCUT2D eigenvalue weighted by molar-refractivity contribution is 0.309. The van der Waals surface area contributed by atoms with Gasteiger partial charge in [-0.1, -0.05) is 12.1 Å². The number of benzene rings is 1. The molecule has 5 nitrogen and oxygen atoms in total. The molecule has 7 heteroatoms. The zero-order valence-corrected chi connectivity index (χ0v) is 11.3. The maximum atomic E-state index is 13.5. The number of ether oxygens (including phenoxy) is 1. The smallest absolute Gasteiger partial charge is 0.270 e. The molecule has 2 aromatic rings. The summed E-state index contributed by atoms with van der Waals surface area (Å²) >= 11 is 0. The molecular formula is C14H15F2N3O2. The second-order valence-electron chi connectivity index (χ2n) is 4.39. The maximum absolute atomic E-state index is 13.5. The van der Waals surface area contributed by atoms with Gasteiger partial charge in [-0.05, 0) is 19.0 Å². The van der Waals surface area contributed by atoms with E-state index in [0.29, 0.717) is 25.3 Å². The lowest BCUT2D eigenvalue weighted by Crippen LogP contribution is -2.23. The monoisotopic (exact) mass is 295 g/mol. The summed E-state index contributed by atoms with van der Waals surface area (Å²) in [5.41, 5.74) is 4.93. The van der Waals surface area contributed by atoms with Crippen LogP contribution in [0.1, 0.15) is 12.0 Å². The Hall–Kier alpha value is -2.28. The van der Waals surface area contributed by atoms with Gasteiger partial charge >= 0.3 is 0 Å². The average molecular weight is 295 g/mol. The van der Waals surface area contributed by atoms with E-state index in [1.165, 1.54) is 24.4 Å². The molecule has 0 aliphatic heterocycles. The summed E-state index contributed by atoms with van der Waals surface area (Å²) < 4.78 is 33.0. The van der Waals surface area contributed by atoms with Gasteiger partial charge in [-0.25, -0.2) is 13.5 Å². The molecule has 21 heavy (non-hydrogen) atoms. The van der Waals surface area contributed by atoms with Crippen molar-refractivity contribution >= 4 is 0 Å². The highest BCUT2D eigenvalue weighted by Crippen LogP contribution is 2.12. The Morgan fingerprint density at radius 1 is 1.33 bits per heavy atom. The van der Waals surface area contributed by atoms with Crippen molar-refractivity contribution < 1.29 is 13.5 Å². The average Bonchev–Trinajstić information content (AvgIpc) is 2.47. The quantitative estimate of drug-likeness (QED) is 0.815. The van der Waals surface area contributed by atoms with Crippen LogP contribution in [-0.2, 0) is 6.54 Å².